The Hall–Kier alpha value is -3.40. The molecular weight excluding hydrogens is 513 g/mol. The molecule has 38 heavy (non-hydrogen) atoms. The van der Waals surface area contributed by atoms with Crippen molar-refractivity contribution in [1.82, 2.24) is 4.90 Å². The average molecular weight is 536 g/mol. The van der Waals surface area contributed by atoms with Gasteiger partial charge in [-0.1, -0.05) is 54.6 Å². The van der Waals surface area contributed by atoms with Crippen molar-refractivity contribution in [3.8, 4) is 11.1 Å². The molecule has 5 rings (SSSR count). The number of piperidine rings is 1. The van der Waals surface area contributed by atoms with Gasteiger partial charge >= 0.3 is 6.18 Å². The fourth-order valence-corrected chi connectivity index (χ4v) is 5.41. The fraction of sp³-hybridized carbons (Fsp3) is 0.321. The zero-order valence-electron chi connectivity index (χ0n) is 20.3. The Labute approximate surface area is 214 Å². The maximum atomic E-state index is 14.3. The van der Waals surface area contributed by atoms with Gasteiger partial charge in [0, 0.05) is 13.1 Å². The fourth-order valence-electron chi connectivity index (χ4n) is 5.41. The highest BCUT2D eigenvalue weighted by atomic mass is 19.4. The Balaban J connectivity index is 1.27. The number of benzene rings is 3. The number of carbonyl (C=O) groups is 1. The standard InChI is InChI=1S/C28H23F7N2O/c1-27(2,26(38)36-25-23(31)21(29)20(28(33,34)35)22(30)24(25)32)37-12-17-18(13-37)19(17)16-10-8-15(9-11-16)14-6-4-3-5-7-14/h3-11,17-19H,12-13H2,1-2H3,(H,36,38). The molecule has 1 N–H and O–H groups in total. The van der Waals surface area contributed by atoms with Gasteiger partial charge in [0.1, 0.15) is 11.3 Å². The number of halogens is 7. The maximum Gasteiger partial charge on any atom is 0.422 e. The summed E-state index contributed by atoms with van der Waals surface area (Å²) in [6.45, 7) is 3.94. The van der Waals surface area contributed by atoms with Crippen molar-refractivity contribution in [2.24, 2.45) is 11.8 Å². The van der Waals surface area contributed by atoms with Gasteiger partial charge in [-0.25, -0.2) is 17.6 Å². The van der Waals surface area contributed by atoms with E-state index in [2.05, 4.69) is 24.3 Å². The molecule has 2 atom stereocenters. The first-order valence-electron chi connectivity index (χ1n) is 12.0. The summed E-state index contributed by atoms with van der Waals surface area (Å²) in [7, 11) is 0. The average Bonchev–Trinajstić information content (AvgIpc) is 3.37. The topological polar surface area (TPSA) is 32.3 Å². The van der Waals surface area contributed by atoms with E-state index < -0.39 is 52.1 Å². The van der Waals surface area contributed by atoms with Crippen LogP contribution >= 0.6 is 0 Å². The molecule has 1 saturated heterocycles. The zero-order valence-corrected chi connectivity index (χ0v) is 20.3. The number of hydrogen-bond donors (Lipinski definition) is 1. The van der Waals surface area contributed by atoms with Crippen molar-refractivity contribution >= 4 is 11.6 Å². The Morgan fingerprint density at radius 1 is 0.789 bits per heavy atom. The molecule has 2 unspecified atom stereocenters. The molecular formula is C28H23F7N2O. The van der Waals surface area contributed by atoms with Gasteiger partial charge in [-0.3, -0.25) is 9.69 Å². The van der Waals surface area contributed by atoms with Crippen LogP contribution < -0.4 is 5.32 Å². The van der Waals surface area contributed by atoms with E-state index in [0.717, 1.165) is 11.1 Å². The van der Waals surface area contributed by atoms with Crippen molar-refractivity contribution in [3.05, 3.63) is 89.0 Å². The van der Waals surface area contributed by atoms with Crippen LogP contribution in [0.1, 0.15) is 30.9 Å². The van der Waals surface area contributed by atoms with Crippen LogP contribution in [0.5, 0.6) is 0 Å². The smallest absolute Gasteiger partial charge is 0.319 e. The minimum atomic E-state index is -5.66. The van der Waals surface area contributed by atoms with Crippen LogP contribution in [0, 0.1) is 35.1 Å². The summed E-state index contributed by atoms with van der Waals surface area (Å²) in [4.78, 5) is 14.7. The molecule has 0 spiro atoms. The predicted octanol–water partition coefficient (Wildman–Crippen LogP) is 6.99. The number of anilines is 1. The number of rotatable bonds is 5. The predicted molar refractivity (Wildman–Crippen MR) is 127 cm³/mol. The summed E-state index contributed by atoms with van der Waals surface area (Å²) in [5.74, 6) is -10.1. The van der Waals surface area contributed by atoms with Crippen LogP contribution in [-0.2, 0) is 11.0 Å². The highest BCUT2D eigenvalue weighted by Gasteiger charge is 2.59. The quantitative estimate of drug-likeness (QED) is 0.282. The van der Waals surface area contributed by atoms with Gasteiger partial charge in [-0.05, 0) is 48.3 Å². The monoisotopic (exact) mass is 536 g/mol. The number of fused-ring (bicyclic) bond motifs is 1. The van der Waals surface area contributed by atoms with Gasteiger partial charge < -0.3 is 5.32 Å². The zero-order chi connectivity index (χ0) is 27.6. The van der Waals surface area contributed by atoms with Crippen LogP contribution in [0.15, 0.2) is 54.6 Å². The van der Waals surface area contributed by atoms with Gasteiger partial charge in [0.25, 0.3) is 0 Å². The summed E-state index contributed by atoms with van der Waals surface area (Å²) in [6.07, 6.45) is -5.66. The minimum absolute atomic E-state index is 0.249. The summed E-state index contributed by atoms with van der Waals surface area (Å²) in [6, 6.07) is 18.2. The third-order valence-electron chi connectivity index (χ3n) is 7.73. The van der Waals surface area contributed by atoms with Crippen LogP contribution in [-0.4, -0.2) is 29.4 Å². The summed E-state index contributed by atoms with van der Waals surface area (Å²) >= 11 is 0. The van der Waals surface area contributed by atoms with Gasteiger partial charge in [-0.2, -0.15) is 13.2 Å². The van der Waals surface area contributed by atoms with E-state index in [0.29, 0.717) is 19.0 Å². The van der Waals surface area contributed by atoms with Gasteiger partial charge in [0.2, 0.25) is 5.91 Å². The van der Waals surface area contributed by atoms with Gasteiger partial charge in [0.15, 0.2) is 23.3 Å². The van der Waals surface area contributed by atoms with Crippen LogP contribution in [0.3, 0.4) is 0 Å². The van der Waals surface area contributed by atoms with E-state index in [1.807, 2.05) is 30.3 Å². The molecule has 1 aliphatic carbocycles. The van der Waals surface area contributed by atoms with Gasteiger partial charge in [-0.15, -0.1) is 0 Å². The summed E-state index contributed by atoms with van der Waals surface area (Å²) in [5.41, 5.74) is -2.27. The lowest BCUT2D eigenvalue weighted by atomic mass is 9.98. The number of carbonyl (C=O) groups excluding carboxylic acids is 1. The van der Waals surface area contributed by atoms with E-state index in [4.69, 9.17) is 0 Å². The third-order valence-corrected chi connectivity index (χ3v) is 7.73. The Kier molecular flexibility index (Phi) is 6.29. The Morgan fingerprint density at radius 3 is 1.79 bits per heavy atom. The van der Waals surface area contributed by atoms with Crippen LogP contribution in [0.2, 0.25) is 0 Å². The molecule has 3 aromatic rings. The number of amides is 1. The molecule has 0 aromatic heterocycles. The van der Waals surface area contributed by atoms with E-state index in [-0.39, 0.29) is 11.8 Å². The molecule has 1 aliphatic heterocycles. The van der Waals surface area contributed by atoms with E-state index in [9.17, 15) is 35.5 Å². The van der Waals surface area contributed by atoms with E-state index in [1.54, 1.807) is 10.2 Å². The van der Waals surface area contributed by atoms with Crippen LogP contribution in [0.4, 0.5) is 36.4 Å². The number of nitrogens with one attached hydrogen (secondary N) is 1. The Bertz CT molecular complexity index is 1350. The molecule has 1 heterocycles. The van der Waals surface area contributed by atoms with Crippen LogP contribution in [0.25, 0.3) is 11.1 Å². The molecule has 1 saturated carbocycles. The van der Waals surface area contributed by atoms with E-state index in [1.165, 1.54) is 19.4 Å². The molecule has 2 fully saturated rings. The molecule has 0 radical (unpaired) electrons. The summed E-state index contributed by atoms with van der Waals surface area (Å²) in [5, 5.41) is 1.77. The number of alkyl halides is 3. The first-order valence-corrected chi connectivity index (χ1v) is 12.0. The molecule has 1 amide bonds. The SMILES string of the molecule is CC(C)(C(=O)Nc1c(F)c(F)c(C(F)(F)F)c(F)c1F)N1CC2C(C1)C2c1ccc(-c2ccccc2)cc1. The second kappa shape index (κ2) is 9.11. The summed E-state index contributed by atoms with van der Waals surface area (Å²) < 4.78 is 95.0. The first-order chi connectivity index (χ1) is 17.8. The highest BCUT2D eigenvalue weighted by Crippen LogP contribution is 2.59. The lowest BCUT2D eigenvalue weighted by Crippen LogP contribution is -2.52. The second-order valence-corrected chi connectivity index (χ2v) is 10.3. The maximum absolute atomic E-state index is 14.3. The van der Waals surface area contributed by atoms with Crippen molar-refractivity contribution in [3.63, 3.8) is 0 Å². The largest absolute Gasteiger partial charge is 0.422 e. The molecule has 200 valence electrons. The van der Waals surface area contributed by atoms with Crippen molar-refractivity contribution in [1.29, 1.82) is 0 Å². The van der Waals surface area contributed by atoms with E-state index >= 15 is 0 Å². The van der Waals surface area contributed by atoms with Crippen molar-refractivity contribution in [2.75, 3.05) is 18.4 Å². The number of likely N-dealkylation sites (tertiary alicyclic amines) is 1. The number of hydrogen-bond acceptors (Lipinski definition) is 2. The molecule has 3 nitrogen and oxygen atoms in total. The second-order valence-electron chi connectivity index (χ2n) is 10.3. The lowest BCUT2D eigenvalue weighted by molar-refractivity contribution is -0.143. The normalized spacial score (nSPS) is 21.3. The van der Waals surface area contributed by atoms with Crippen molar-refractivity contribution < 1.29 is 35.5 Å². The number of nitrogens with zero attached hydrogens (tertiary/aromatic N) is 1. The first kappa shape index (κ1) is 26.2. The molecule has 0 bridgehead atoms. The Morgan fingerprint density at radius 2 is 1.29 bits per heavy atom. The lowest BCUT2D eigenvalue weighted by Gasteiger charge is -2.36. The molecule has 2 aliphatic rings. The van der Waals surface area contributed by atoms with Gasteiger partial charge in [0.05, 0.1) is 5.54 Å². The highest BCUT2D eigenvalue weighted by molar-refractivity contribution is 5.97. The third kappa shape index (κ3) is 4.34. The van der Waals surface area contributed by atoms with Crippen molar-refractivity contribution in [2.45, 2.75) is 31.5 Å². The minimum Gasteiger partial charge on any atom is -0.319 e. The molecule has 10 heteroatoms. The molecule has 3 aromatic carbocycles.